The van der Waals surface area contributed by atoms with Crippen molar-refractivity contribution in [2.45, 2.75) is 19.4 Å². The molecule has 1 radical (unpaired) electrons. The lowest BCUT2D eigenvalue weighted by Gasteiger charge is -2.19. The number of hydrogen-bond donors (Lipinski definition) is 0. The second-order valence-corrected chi connectivity index (χ2v) is 6.37. The molecular formula is C23H19O. The summed E-state index contributed by atoms with van der Waals surface area (Å²) in [5, 5.41) is 13.6. The maximum atomic E-state index is 11.1. The molecule has 117 valence electrons. The molecule has 0 saturated heterocycles. The van der Waals surface area contributed by atoms with Crippen LogP contribution in [0.1, 0.15) is 24.0 Å². The van der Waals surface area contributed by atoms with Crippen LogP contribution in [-0.4, -0.2) is 0 Å². The van der Waals surface area contributed by atoms with E-state index in [0.29, 0.717) is 5.92 Å². The third-order valence-corrected chi connectivity index (χ3v) is 4.86. The lowest BCUT2D eigenvalue weighted by Crippen LogP contribution is -1.99. The molecule has 1 heteroatoms. The normalized spacial score (nSPS) is 16.6. The van der Waals surface area contributed by atoms with Crippen LogP contribution >= 0.6 is 0 Å². The lowest BCUT2D eigenvalue weighted by molar-refractivity contribution is 0.177. The summed E-state index contributed by atoms with van der Waals surface area (Å²) in [5.74, 6) is 0.323. The van der Waals surface area contributed by atoms with Crippen LogP contribution in [0.3, 0.4) is 0 Å². The van der Waals surface area contributed by atoms with Crippen LogP contribution in [0.4, 0.5) is 0 Å². The summed E-state index contributed by atoms with van der Waals surface area (Å²) in [5.41, 5.74) is 5.97. The van der Waals surface area contributed by atoms with Crippen molar-refractivity contribution in [3.05, 3.63) is 95.6 Å². The molecule has 0 fully saturated rings. The van der Waals surface area contributed by atoms with Crippen molar-refractivity contribution in [1.29, 1.82) is 0 Å². The van der Waals surface area contributed by atoms with E-state index in [1.807, 2.05) is 12.1 Å². The van der Waals surface area contributed by atoms with E-state index in [-0.39, 0.29) is 6.61 Å². The van der Waals surface area contributed by atoms with Crippen molar-refractivity contribution in [3.8, 4) is 11.1 Å². The quantitative estimate of drug-likeness (QED) is 0.562. The number of hydrogen-bond acceptors (Lipinski definition) is 0. The molecule has 1 nitrogen and oxygen atoms in total. The second kappa shape index (κ2) is 6.10. The largest absolute Gasteiger partial charge is 0.232 e. The molecule has 4 rings (SSSR count). The Bertz CT molecular complexity index is 945. The molecule has 24 heavy (non-hydrogen) atoms. The summed E-state index contributed by atoms with van der Waals surface area (Å²) in [7, 11) is 0. The summed E-state index contributed by atoms with van der Waals surface area (Å²) in [6, 6.07) is 21.0. The Kier molecular flexibility index (Phi) is 3.79. The van der Waals surface area contributed by atoms with Crippen LogP contribution in [0.5, 0.6) is 0 Å². The second-order valence-electron chi connectivity index (χ2n) is 6.37. The summed E-state index contributed by atoms with van der Waals surface area (Å²) < 4.78 is 0. The van der Waals surface area contributed by atoms with Gasteiger partial charge in [-0.15, -0.1) is 0 Å². The van der Waals surface area contributed by atoms with Gasteiger partial charge in [-0.2, -0.15) is 0 Å². The molecule has 0 aromatic heterocycles. The average molecular weight is 311 g/mol. The maximum Gasteiger partial charge on any atom is 0.107 e. The average Bonchev–Trinajstić information content (AvgIpc) is 3.06. The highest BCUT2D eigenvalue weighted by atomic mass is 16.3. The van der Waals surface area contributed by atoms with Crippen molar-refractivity contribution in [1.82, 2.24) is 0 Å². The molecule has 0 spiro atoms. The minimum atomic E-state index is -0.171. The van der Waals surface area contributed by atoms with Gasteiger partial charge in [0.2, 0.25) is 0 Å². The van der Waals surface area contributed by atoms with Gasteiger partial charge in [0.15, 0.2) is 0 Å². The highest BCUT2D eigenvalue weighted by Crippen LogP contribution is 2.40. The molecule has 3 aromatic carbocycles. The van der Waals surface area contributed by atoms with Crippen LogP contribution in [0.25, 0.3) is 21.9 Å². The molecule has 0 N–H and O–H groups in total. The first kappa shape index (κ1) is 14.9. The van der Waals surface area contributed by atoms with E-state index in [9.17, 15) is 5.11 Å². The first-order valence-electron chi connectivity index (χ1n) is 8.32. The zero-order valence-corrected chi connectivity index (χ0v) is 13.7. The fraction of sp³-hybridized carbons (Fsp3) is 0.130. The van der Waals surface area contributed by atoms with E-state index in [1.54, 1.807) is 0 Å². The first-order valence-corrected chi connectivity index (χ1v) is 8.32. The van der Waals surface area contributed by atoms with Crippen LogP contribution in [-0.2, 0) is 11.7 Å². The number of rotatable bonds is 3. The predicted molar refractivity (Wildman–Crippen MR) is 99.4 cm³/mol. The van der Waals surface area contributed by atoms with Gasteiger partial charge in [0.25, 0.3) is 0 Å². The minimum absolute atomic E-state index is 0.171. The van der Waals surface area contributed by atoms with Crippen LogP contribution in [0.2, 0.25) is 0 Å². The molecule has 1 aliphatic rings. The first-order chi connectivity index (χ1) is 11.8. The Labute approximate surface area is 142 Å². The van der Waals surface area contributed by atoms with Gasteiger partial charge in [-0.25, -0.2) is 5.11 Å². The zero-order valence-electron chi connectivity index (χ0n) is 13.7. The third-order valence-electron chi connectivity index (χ3n) is 4.86. The Morgan fingerprint density at radius 2 is 1.71 bits per heavy atom. The van der Waals surface area contributed by atoms with Crippen molar-refractivity contribution < 1.29 is 5.11 Å². The van der Waals surface area contributed by atoms with Crippen LogP contribution in [0, 0.1) is 0 Å². The molecule has 1 aliphatic carbocycles. The van der Waals surface area contributed by atoms with Crippen molar-refractivity contribution in [3.63, 3.8) is 0 Å². The van der Waals surface area contributed by atoms with Crippen molar-refractivity contribution in [2.75, 3.05) is 0 Å². The number of fused-ring (bicyclic) bond motifs is 1. The summed E-state index contributed by atoms with van der Waals surface area (Å²) in [6.07, 6.45) is 6.58. The van der Waals surface area contributed by atoms with Crippen molar-refractivity contribution >= 4 is 10.8 Å². The highest BCUT2D eigenvalue weighted by Gasteiger charge is 2.19. The van der Waals surface area contributed by atoms with Crippen molar-refractivity contribution in [2.24, 2.45) is 0 Å². The van der Waals surface area contributed by atoms with Crippen LogP contribution in [0.15, 0.2) is 84.5 Å². The fourth-order valence-corrected chi connectivity index (χ4v) is 3.56. The van der Waals surface area contributed by atoms with Gasteiger partial charge in [-0.1, -0.05) is 84.5 Å². The van der Waals surface area contributed by atoms with Gasteiger partial charge in [0.1, 0.15) is 6.61 Å². The van der Waals surface area contributed by atoms with E-state index in [1.165, 1.54) is 33.0 Å². The van der Waals surface area contributed by atoms with Gasteiger partial charge < -0.3 is 0 Å². The highest BCUT2D eigenvalue weighted by molar-refractivity contribution is 5.99. The Morgan fingerprint density at radius 1 is 0.917 bits per heavy atom. The van der Waals surface area contributed by atoms with Gasteiger partial charge in [-0.05, 0) is 39.9 Å². The molecule has 1 unspecified atom stereocenters. The lowest BCUT2D eigenvalue weighted by atomic mass is 9.85. The Morgan fingerprint density at radius 3 is 2.42 bits per heavy atom. The molecule has 1 atom stereocenters. The van der Waals surface area contributed by atoms with Gasteiger partial charge in [0, 0.05) is 5.92 Å². The molecule has 0 amide bonds. The molecule has 0 bridgehead atoms. The summed E-state index contributed by atoms with van der Waals surface area (Å²) in [4.78, 5) is 0. The molecule has 3 aromatic rings. The SMILES string of the molecule is CC1=CC=CC1c1ccc2ccccc2c1-c1ccc(C[O])cc1. The summed E-state index contributed by atoms with van der Waals surface area (Å²) >= 11 is 0. The van der Waals surface area contributed by atoms with E-state index < -0.39 is 0 Å². The minimum Gasteiger partial charge on any atom is -0.232 e. The standard InChI is InChI=1S/C23H19O/c1-16-5-4-8-20(16)22-14-13-18-6-2-3-7-21(18)23(22)19-11-9-17(15-24)10-12-19/h2-14,20H,15H2,1H3. The number of allylic oxidation sites excluding steroid dienone is 4. The molecular weight excluding hydrogens is 292 g/mol. The maximum absolute atomic E-state index is 11.1. The van der Waals surface area contributed by atoms with Gasteiger partial charge in [0.05, 0.1) is 0 Å². The predicted octanol–water partition coefficient (Wildman–Crippen LogP) is 6.04. The van der Waals surface area contributed by atoms with E-state index in [0.717, 1.165) is 5.56 Å². The fourth-order valence-electron chi connectivity index (χ4n) is 3.56. The zero-order chi connectivity index (χ0) is 16.5. The molecule has 0 aliphatic heterocycles. The van der Waals surface area contributed by atoms with Crippen LogP contribution < -0.4 is 0 Å². The van der Waals surface area contributed by atoms with E-state index in [4.69, 9.17) is 0 Å². The smallest absolute Gasteiger partial charge is 0.107 e. The Hall–Kier alpha value is -2.64. The van der Waals surface area contributed by atoms with E-state index >= 15 is 0 Å². The number of benzene rings is 3. The van der Waals surface area contributed by atoms with E-state index in [2.05, 4.69) is 73.7 Å². The topological polar surface area (TPSA) is 19.9 Å². The Balaban J connectivity index is 1.98. The molecule has 0 heterocycles. The van der Waals surface area contributed by atoms with Gasteiger partial charge >= 0.3 is 0 Å². The van der Waals surface area contributed by atoms with Gasteiger partial charge in [-0.3, -0.25) is 0 Å². The molecule has 0 saturated carbocycles. The summed E-state index contributed by atoms with van der Waals surface area (Å²) in [6.45, 7) is 2.01. The third kappa shape index (κ3) is 2.47. The monoisotopic (exact) mass is 311 g/mol.